The van der Waals surface area contributed by atoms with Gasteiger partial charge in [0.15, 0.2) is 0 Å². The zero-order valence-electron chi connectivity index (χ0n) is 9.60. The van der Waals surface area contributed by atoms with Crippen LogP contribution in [0.2, 0.25) is 0 Å². The van der Waals surface area contributed by atoms with E-state index in [4.69, 9.17) is 0 Å². The molecule has 1 aromatic rings. The van der Waals surface area contributed by atoms with E-state index in [0.29, 0.717) is 6.54 Å². The number of nitro groups is 1. The zero-order valence-corrected chi connectivity index (χ0v) is 9.60. The molecule has 3 N–H and O–H groups in total. The number of rotatable bonds is 3. The van der Waals surface area contributed by atoms with Crippen molar-refractivity contribution in [3.05, 3.63) is 39.9 Å². The molecule has 0 aliphatic rings. The number of benzene rings is 1. The summed E-state index contributed by atoms with van der Waals surface area (Å²) in [5.74, 6) is -0.559. The fourth-order valence-electron chi connectivity index (χ4n) is 1.12. The molecule has 1 aromatic carbocycles. The van der Waals surface area contributed by atoms with Crippen LogP contribution in [0, 0.1) is 10.1 Å². The van der Waals surface area contributed by atoms with Crippen LogP contribution in [0.5, 0.6) is 0 Å². The number of hydrogen-bond donors (Lipinski definition) is 3. The second-order valence-electron chi connectivity index (χ2n) is 3.24. The van der Waals surface area contributed by atoms with Crippen LogP contribution in [-0.4, -0.2) is 23.4 Å². The SMILES string of the molecule is CCNC(=O)NNC(=O)c1ccc([N+](=O)[O-])cc1. The van der Waals surface area contributed by atoms with E-state index in [1.165, 1.54) is 24.3 Å². The Morgan fingerprint density at radius 2 is 1.83 bits per heavy atom. The zero-order chi connectivity index (χ0) is 13.5. The Balaban J connectivity index is 2.56. The number of amides is 3. The topological polar surface area (TPSA) is 113 Å². The lowest BCUT2D eigenvalue weighted by molar-refractivity contribution is -0.384. The third kappa shape index (κ3) is 3.74. The van der Waals surface area contributed by atoms with Crippen molar-refractivity contribution in [1.29, 1.82) is 0 Å². The number of non-ortho nitro benzene ring substituents is 1. The summed E-state index contributed by atoms with van der Waals surface area (Å²) in [5.41, 5.74) is 4.39. The summed E-state index contributed by atoms with van der Waals surface area (Å²) in [5, 5.41) is 12.8. The Bertz CT molecular complexity index is 457. The molecule has 0 unspecified atom stereocenters. The summed E-state index contributed by atoms with van der Waals surface area (Å²) in [6.07, 6.45) is 0. The minimum absolute atomic E-state index is 0.108. The van der Waals surface area contributed by atoms with Crippen LogP contribution in [-0.2, 0) is 0 Å². The van der Waals surface area contributed by atoms with Crippen molar-refractivity contribution in [1.82, 2.24) is 16.2 Å². The van der Waals surface area contributed by atoms with Crippen LogP contribution in [0.25, 0.3) is 0 Å². The quantitative estimate of drug-likeness (QED) is 0.538. The molecule has 8 heteroatoms. The summed E-state index contributed by atoms with van der Waals surface area (Å²) in [7, 11) is 0. The van der Waals surface area contributed by atoms with E-state index >= 15 is 0 Å². The van der Waals surface area contributed by atoms with Crippen LogP contribution < -0.4 is 16.2 Å². The van der Waals surface area contributed by atoms with Gasteiger partial charge in [-0.15, -0.1) is 0 Å². The Labute approximate surface area is 102 Å². The molecule has 3 amide bonds. The van der Waals surface area contributed by atoms with Gasteiger partial charge < -0.3 is 5.32 Å². The van der Waals surface area contributed by atoms with Crippen molar-refractivity contribution in [2.75, 3.05) is 6.54 Å². The molecule has 0 aliphatic carbocycles. The molecule has 1 rings (SSSR count). The lowest BCUT2D eigenvalue weighted by Gasteiger charge is -2.07. The first-order valence-corrected chi connectivity index (χ1v) is 5.13. The molecule has 0 radical (unpaired) electrons. The van der Waals surface area contributed by atoms with Crippen molar-refractivity contribution in [3.8, 4) is 0 Å². The predicted octanol–water partition coefficient (Wildman–Crippen LogP) is 0.559. The molecule has 8 nitrogen and oxygen atoms in total. The first-order valence-electron chi connectivity index (χ1n) is 5.13. The van der Waals surface area contributed by atoms with Gasteiger partial charge in [-0.2, -0.15) is 0 Å². The smallest absolute Gasteiger partial charge is 0.333 e. The molecule has 0 fully saturated rings. The average molecular weight is 252 g/mol. The Morgan fingerprint density at radius 3 is 2.33 bits per heavy atom. The minimum Gasteiger partial charge on any atom is -0.337 e. The van der Waals surface area contributed by atoms with Gasteiger partial charge in [0.25, 0.3) is 11.6 Å². The van der Waals surface area contributed by atoms with Gasteiger partial charge in [0.05, 0.1) is 4.92 Å². The van der Waals surface area contributed by atoms with Crippen molar-refractivity contribution < 1.29 is 14.5 Å². The number of hydrazine groups is 1. The van der Waals surface area contributed by atoms with Crippen LogP contribution in [0.1, 0.15) is 17.3 Å². The highest BCUT2D eigenvalue weighted by molar-refractivity contribution is 5.95. The molecule has 0 heterocycles. The highest BCUT2D eigenvalue weighted by Crippen LogP contribution is 2.11. The molecule has 0 bridgehead atoms. The van der Waals surface area contributed by atoms with Gasteiger partial charge in [-0.05, 0) is 19.1 Å². The third-order valence-electron chi connectivity index (χ3n) is 1.97. The molecule has 0 aromatic heterocycles. The third-order valence-corrected chi connectivity index (χ3v) is 1.97. The molecule has 96 valence electrons. The highest BCUT2D eigenvalue weighted by Gasteiger charge is 2.09. The van der Waals surface area contributed by atoms with Crippen LogP contribution in [0.3, 0.4) is 0 Å². The number of nitro benzene ring substituents is 1. The molecular weight excluding hydrogens is 240 g/mol. The van der Waals surface area contributed by atoms with E-state index in [-0.39, 0.29) is 11.3 Å². The monoisotopic (exact) mass is 252 g/mol. The Kier molecular flexibility index (Phi) is 4.61. The largest absolute Gasteiger partial charge is 0.337 e. The number of carbonyl (C=O) groups is 2. The molecule has 0 saturated heterocycles. The van der Waals surface area contributed by atoms with E-state index in [0.717, 1.165) is 0 Å². The van der Waals surface area contributed by atoms with Crippen molar-refractivity contribution >= 4 is 17.6 Å². The molecule has 0 saturated carbocycles. The first-order chi connectivity index (χ1) is 8.54. The number of hydrogen-bond acceptors (Lipinski definition) is 4. The minimum atomic E-state index is -0.561. The molecule has 18 heavy (non-hydrogen) atoms. The van der Waals surface area contributed by atoms with Gasteiger partial charge in [-0.1, -0.05) is 0 Å². The van der Waals surface area contributed by atoms with E-state index in [9.17, 15) is 19.7 Å². The number of urea groups is 1. The van der Waals surface area contributed by atoms with Crippen molar-refractivity contribution in [2.24, 2.45) is 0 Å². The maximum atomic E-state index is 11.5. The van der Waals surface area contributed by atoms with Crippen molar-refractivity contribution in [3.63, 3.8) is 0 Å². The van der Waals surface area contributed by atoms with E-state index in [1.54, 1.807) is 6.92 Å². The van der Waals surface area contributed by atoms with Gasteiger partial charge in [0, 0.05) is 24.2 Å². The lowest BCUT2D eigenvalue weighted by atomic mass is 10.2. The standard InChI is InChI=1S/C10H12N4O4/c1-2-11-10(16)13-12-9(15)7-3-5-8(6-4-7)14(17)18/h3-6H,2H2,1H3,(H,12,15)(H2,11,13,16). The van der Waals surface area contributed by atoms with Crippen LogP contribution >= 0.6 is 0 Å². The second-order valence-corrected chi connectivity index (χ2v) is 3.24. The van der Waals surface area contributed by atoms with E-state index in [2.05, 4.69) is 16.2 Å². The van der Waals surface area contributed by atoms with Gasteiger partial charge in [0.2, 0.25) is 0 Å². The highest BCUT2D eigenvalue weighted by atomic mass is 16.6. The van der Waals surface area contributed by atoms with E-state index < -0.39 is 16.9 Å². The fraction of sp³-hybridized carbons (Fsp3) is 0.200. The fourth-order valence-corrected chi connectivity index (χ4v) is 1.12. The van der Waals surface area contributed by atoms with Crippen LogP contribution in [0.4, 0.5) is 10.5 Å². The van der Waals surface area contributed by atoms with Gasteiger partial charge in [-0.25, -0.2) is 10.2 Å². The van der Waals surface area contributed by atoms with E-state index in [1.807, 2.05) is 0 Å². The Morgan fingerprint density at radius 1 is 1.22 bits per heavy atom. The lowest BCUT2D eigenvalue weighted by Crippen LogP contribution is -2.46. The number of nitrogens with zero attached hydrogens (tertiary/aromatic N) is 1. The number of carbonyl (C=O) groups excluding carboxylic acids is 2. The van der Waals surface area contributed by atoms with Crippen LogP contribution in [0.15, 0.2) is 24.3 Å². The van der Waals surface area contributed by atoms with Gasteiger partial charge in [0.1, 0.15) is 0 Å². The average Bonchev–Trinajstić information content (AvgIpc) is 2.36. The molecule has 0 atom stereocenters. The molecule has 0 spiro atoms. The molecule has 0 aliphatic heterocycles. The Hall–Kier alpha value is -2.64. The summed E-state index contributed by atoms with van der Waals surface area (Å²) in [6, 6.07) is 4.48. The predicted molar refractivity (Wildman–Crippen MR) is 62.8 cm³/mol. The second kappa shape index (κ2) is 6.18. The first kappa shape index (κ1) is 13.4. The van der Waals surface area contributed by atoms with Crippen molar-refractivity contribution in [2.45, 2.75) is 6.92 Å². The summed E-state index contributed by atoms with van der Waals surface area (Å²) < 4.78 is 0. The summed E-state index contributed by atoms with van der Waals surface area (Å²) >= 11 is 0. The maximum absolute atomic E-state index is 11.5. The maximum Gasteiger partial charge on any atom is 0.333 e. The van der Waals surface area contributed by atoms with Gasteiger partial charge >= 0.3 is 6.03 Å². The number of nitrogens with one attached hydrogen (secondary N) is 3. The van der Waals surface area contributed by atoms with Gasteiger partial charge in [-0.3, -0.25) is 20.3 Å². The normalized spacial score (nSPS) is 9.39. The molecular formula is C10H12N4O4. The summed E-state index contributed by atoms with van der Waals surface area (Å²) in [6.45, 7) is 2.16. The summed E-state index contributed by atoms with van der Waals surface area (Å²) in [4.78, 5) is 32.4.